The van der Waals surface area contributed by atoms with Gasteiger partial charge in [-0.3, -0.25) is 0 Å². The molecule has 1 aliphatic rings. The minimum atomic E-state index is -0.267. The Morgan fingerprint density at radius 2 is 1.12 bits per heavy atom. The van der Waals surface area contributed by atoms with Crippen molar-refractivity contribution < 1.29 is 0 Å². The van der Waals surface area contributed by atoms with Crippen molar-refractivity contribution in [3.05, 3.63) is 240 Å². The van der Waals surface area contributed by atoms with Gasteiger partial charge in [0.1, 0.15) is 0 Å². The molecule has 1 nitrogen and oxygen atoms in total. The molecule has 59 heavy (non-hydrogen) atoms. The fourth-order valence-electron chi connectivity index (χ4n) is 8.55. The second-order valence-electron chi connectivity index (χ2n) is 15.6. The SMILES string of the molecule is C#C/C=C\C=C/CN(c1ccc(-c2ccc(C)c(-c3cc4ccccc4cc3C)c2)cc1)c1ccc2c(c1)C(C)(c1ccccc1)c1ccccc1-2.Cc1ccccc1. The zero-order valence-corrected chi connectivity index (χ0v) is 34.4. The van der Waals surface area contributed by atoms with E-state index in [9.17, 15) is 0 Å². The van der Waals surface area contributed by atoms with Crippen molar-refractivity contribution in [2.45, 2.75) is 33.1 Å². The summed E-state index contributed by atoms with van der Waals surface area (Å²) in [7, 11) is 0. The smallest absolute Gasteiger partial charge is 0.0436 e. The van der Waals surface area contributed by atoms with E-state index >= 15 is 0 Å². The van der Waals surface area contributed by atoms with E-state index in [2.05, 4.69) is 208 Å². The number of anilines is 2. The summed E-state index contributed by atoms with van der Waals surface area (Å²) in [5.74, 6) is 2.59. The average molecular weight is 760 g/mol. The Kier molecular flexibility index (Phi) is 11.3. The Morgan fingerprint density at radius 3 is 1.83 bits per heavy atom. The quantitative estimate of drug-likeness (QED) is 0.110. The van der Waals surface area contributed by atoms with Gasteiger partial charge in [-0.05, 0) is 142 Å². The molecule has 0 saturated heterocycles. The van der Waals surface area contributed by atoms with Crippen molar-refractivity contribution in [2.75, 3.05) is 11.4 Å². The summed E-state index contributed by atoms with van der Waals surface area (Å²) in [6.45, 7) is 9.57. The van der Waals surface area contributed by atoms with Crippen LogP contribution < -0.4 is 4.90 Å². The third kappa shape index (κ3) is 7.91. The van der Waals surface area contributed by atoms with E-state index in [1.807, 2.05) is 30.4 Å². The van der Waals surface area contributed by atoms with Gasteiger partial charge in [-0.25, -0.2) is 0 Å². The third-order valence-electron chi connectivity index (χ3n) is 11.8. The van der Waals surface area contributed by atoms with Gasteiger partial charge < -0.3 is 4.90 Å². The van der Waals surface area contributed by atoms with Crippen molar-refractivity contribution in [1.29, 1.82) is 0 Å². The van der Waals surface area contributed by atoms with Crippen LogP contribution in [0, 0.1) is 33.1 Å². The molecule has 0 heterocycles. The van der Waals surface area contributed by atoms with Crippen molar-refractivity contribution in [1.82, 2.24) is 0 Å². The lowest BCUT2D eigenvalue weighted by molar-refractivity contribution is 0.713. The van der Waals surface area contributed by atoms with Crippen molar-refractivity contribution in [3.63, 3.8) is 0 Å². The second kappa shape index (κ2) is 17.2. The molecule has 0 saturated carbocycles. The van der Waals surface area contributed by atoms with Crippen LogP contribution in [0.3, 0.4) is 0 Å². The van der Waals surface area contributed by atoms with Crippen LogP contribution in [-0.2, 0) is 5.41 Å². The highest BCUT2D eigenvalue weighted by Gasteiger charge is 2.40. The monoisotopic (exact) mass is 759 g/mol. The lowest BCUT2D eigenvalue weighted by Gasteiger charge is -2.30. The maximum atomic E-state index is 5.48. The van der Waals surface area contributed by atoms with Gasteiger partial charge in [0.05, 0.1) is 0 Å². The van der Waals surface area contributed by atoms with Crippen LogP contribution in [0.2, 0.25) is 0 Å². The number of allylic oxidation sites excluding steroid dienone is 3. The number of terminal acetylenes is 1. The molecule has 1 heteroatoms. The second-order valence-corrected chi connectivity index (χ2v) is 15.6. The molecule has 1 unspecified atom stereocenters. The molecule has 9 rings (SSSR count). The zero-order valence-electron chi connectivity index (χ0n) is 34.4. The topological polar surface area (TPSA) is 3.24 Å². The summed E-state index contributed by atoms with van der Waals surface area (Å²) < 4.78 is 0. The number of fused-ring (bicyclic) bond motifs is 4. The summed E-state index contributed by atoms with van der Waals surface area (Å²) in [5, 5.41) is 2.54. The van der Waals surface area contributed by atoms with Gasteiger partial charge in [0.2, 0.25) is 0 Å². The van der Waals surface area contributed by atoms with E-state index in [4.69, 9.17) is 6.42 Å². The summed E-state index contributed by atoms with van der Waals surface area (Å²) in [6, 6.07) is 66.1. The van der Waals surface area contributed by atoms with Crippen LogP contribution in [0.4, 0.5) is 11.4 Å². The molecule has 0 fully saturated rings. The van der Waals surface area contributed by atoms with E-state index < -0.39 is 0 Å². The zero-order chi connectivity index (χ0) is 40.8. The average Bonchev–Trinajstić information content (AvgIpc) is 3.54. The van der Waals surface area contributed by atoms with Crippen LogP contribution in [0.15, 0.2) is 206 Å². The summed E-state index contributed by atoms with van der Waals surface area (Å²) >= 11 is 0. The molecule has 0 aliphatic heterocycles. The van der Waals surface area contributed by atoms with Gasteiger partial charge in [0.15, 0.2) is 0 Å². The molecule has 0 aromatic heterocycles. The van der Waals surface area contributed by atoms with Gasteiger partial charge in [0.25, 0.3) is 0 Å². The first-order chi connectivity index (χ1) is 28.8. The molecule has 8 aromatic carbocycles. The molecule has 0 N–H and O–H groups in total. The summed E-state index contributed by atoms with van der Waals surface area (Å²) in [5.41, 5.74) is 17.4. The fourth-order valence-corrected chi connectivity index (χ4v) is 8.55. The van der Waals surface area contributed by atoms with E-state index in [1.54, 1.807) is 6.08 Å². The molecular weight excluding hydrogens is 711 g/mol. The van der Waals surface area contributed by atoms with E-state index in [0.29, 0.717) is 6.54 Å². The van der Waals surface area contributed by atoms with Gasteiger partial charge in [-0.1, -0.05) is 175 Å². The predicted octanol–water partition coefficient (Wildman–Crippen LogP) is 15.0. The lowest BCUT2D eigenvalue weighted by atomic mass is 9.74. The highest BCUT2D eigenvalue weighted by Crippen LogP contribution is 2.53. The highest BCUT2D eigenvalue weighted by atomic mass is 15.1. The summed E-state index contributed by atoms with van der Waals surface area (Å²) in [4.78, 5) is 2.39. The largest absolute Gasteiger partial charge is 0.338 e. The van der Waals surface area contributed by atoms with Crippen molar-refractivity contribution >= 4 is 22.1 Å². The predicted molar refractivity (Wildman–Crippen MR) is 253 cm³/mol. The van der Waals surface area contributed by atoms with Crippen LogP contribution in [0.1, 0.15) is 40.3 Å². The number of aryl methyl sites for hydroxylation is 3. The third-order valence-corrected chi connectivity index (χ3v) is 11.8. The molecule has 286 valence electrons. The van der Waals surface area contributed by atoms with Gasteiger partial charge in [0, 0.05) is 23.3 Å². The fraction of sp³-hybridized carbons (Fsp3) is 0.103. The number of hydrogen-bond acceptors (Lipinski definition) is 1. The molecule has 1 aliphatic carbocycles. The first-order valence-corrected chi connectivity index (χ1v) is 20.4. The molecule has 0 radical (unpaired) electrons. The molecule has 0 amide bonds. The standard InChI is InChI=1S/C51H41N.C7H8/c1-5-6-7-8-16-31-52(44-29-30-46-45-21-14-15-22-49(45)51(4,50(46)35-44)42-19-10-9-11-20-42)43-27-25-38(26-28-43)41-24-23-36(2)47(34-41)48-33-40-18-13-12-17-39(40)32-37(48)3;1-7-5-3-2-4-6-7/h1,6-30,32-35H,31H2,2-4H3;2-6H,1H3/b7-6-,16-8-;. The molecule has 1 atom stereocenters. The van der Waals surface area contributed by atoms with E-state index in [0.717, 1.165) is 11.4 Å². The van der Waals surface area contributed by atoms with Gasteiger partial charge in [-0.15, -0.1) is 6.42 Å². The van der Waals surface area contributed by atoms with Gasteiger partial charge in [-0.2, -0.15) is 0 Å². The van der Waals surface area contributed by atoms with E-state index in [-0.39, 0.29) is 5.41 Å². The minimum Gasteiger partial charge on any atom is -0.338 e. The minimum absolute atomic E-state index is 0.267. The Balaban J connectivity index is 0.000000628. The first kappa shape index (κ1) is 38.7. The Morgan fingerprint density at radius 1 is 0.508 bits per heavy atom. The van der Waals surface area contributed by atoms with Crippen molar-refractivity contribution in [3.8, 4) is 45.7 Å². The highest BCUT2D eigenvalue weighted by molar-refractivity contribution is 5.91. The van der Waals surface area contributed by atoms with Crippen LogP contribution in [-0.4, -0.2) is 6.54 Å². The maximum Gasteiger partial charge on any atom is 0.0436 e. The summed E-state index contributed by atoms with van der Waals surface area (Å²) in [6.07, 6.45) is 13.3. The maximum absolute atomic E-state index is 5.48. The van der Waals surface area contributed by atoms with Crippen LogP contribution >= 0.6 is 0 Å². The van der Waals surface area contributed by atoms with Crippen LogP contribution in [0.5, 0.6) is 0 Å². The number of hydrogen-bond donors (Lipinski definition) is 0. The Labute approximate surface area is 350 Å². The number of benzene rings is 8. The molecule has 0 spiro atoms. The van der Waals surface area contributed by atoms with Gasteiger partial charge >= 0.3 is 0 Å². The number of rotatable bonds is 8. The molecule has 8 aromatic rings. The lowest BCUT2D eigenvalue weighted by Crippen LogP contribution is -2.23. The Hall–Kier alpha value is -7.14. The van der Waals surface area contributed by atoms with E-state index in [1.165, 1.54) is 77.5 Å². The Bertz CT molecular complexity index is 2840. The van der Waals surface area contributed by atoms with Crippen LogP contribution in [0.25, 0.3) is 44.2 Å². The normalized spacial score (nSPS) is 14.1. The van der Waals surface area contributed by atoms with Crippen molar-refractivity contribution in [2.24, 2.45) is 0 Å². The first-order valence-electron chi connectivity index (χ1n) is 20.4. The number of nitrogens with zero attached hydrogens (tertiary/aromatic N) is 1. The molecular formula is C58H49N. The molecule has 0 bridgehead atoms.